The van der Waals surface area contributed by atoms with Crippen molar-refractivity contribution in [3.63, 3.8) is 0 Å². The zero-order chi connectivity index (χ0) is 34.7. The fraction of sp³-hybridized carbons (Fsp3) is 0.0833. The summed E-state index contributed by atoms with van der Waals surface area (Å²) in [5.41, 5.74) is 13.2. The van der Waals surface area contributed by atoms with Gasteiger partial charge in [-0.1, -0.05) is 98.3 Å². The van der Waals surface area contributed by atoms with E-state index in [9.17, 15) is 0 Å². The summed E-state index contributed by atoms with van der Waals surface area (Å²) in [4.78, 5) is 2.35. The Kier molecular flexibility index (Phi) is 6.03. The SMILES string of the molecule is Cc1ccc(N(c2ccccc2)c2ccc3cc4c(cc3c2)C(C)(C)c2cc3c(cc2-4)Oc2cccc4c2B3c2c(ccc3ccccc23)O4)cc1. The standard InChI is InChI=1S/C48H34BNO2/c1-29-16-20-34(21-17-29)50(33-11-5-4-6-12-33)35-22-18-31-25-37-38-27-45-41(28-40(38)48(2,3)39(37)26-32(31)24-35)49-46-36-13-8-7-10-30(36)19-23-44(46)51-42-14-9-15-43(52-45)47(42)49/h4-28H,1-3H3. The highest BCUT2D eigenvalue weighted by molar-refractivity contribution is 6.99. The number of aryl methyl sites for hydroxylation is 1. The number of para-hydroxylation sites is 1. The fourth-order valence-electron chi connectivity index (χ4n) is 9.02. The van der Waals surface area contributed by atoms with E-state index in [1.54, 1.807) is 0 Å². The molecule has 3 nitrogen and oxygen atoms in total. The molecule has 8 aromatic carbocycles. The highest BCUT2D eigenvalue weighted by Crippen LogP contribution is 2.52. The Morgan fingerprint density at radius 3 is 1.96 bits per heavy atom. The van der Waals surface area contributed by atoms with Gasteiger partial charge < -0.3 is 14.4 Å². The third-order valence-corrected chi connectivity index (χ3v) is 11.6. The van der Waals surface area contributed by atoms with Crippen molar-refractivity contribution in [1.29, 1.82) is 0 Å². The Morgan fingerprint density at radius 1 is 0.481 bits per heavy atom. The molecule has 0 spiro atoms. The summed E-state index contributed by atoms with van der Waals surface area (Å²) < 4.78 is 13.4. The second-order valence-electron chi connectivity index (χ2n) is 15.0. The van der Waals surface area contributed by atoms with Crippen LogP contribution in [-0.2, 0) is 5.41 Å². The number of rotatable bonds is 3. The first-order chi connectivity index (χ1) is 25.4. The molecule has 2 heterocycles. The van der Waals surface area contributed by atoms with E-state index >= 15 is 0 Å². The summed E-state index contributed by atoms with van der Waals surface area (Å²) in [7, 11) is 0. The molecule has 0 unspecified atom stereocenters. The van der Waals surface area contributed by atoms with Gasteiger partial charge in [-0.2, -0.15) is 0 Å². The number of nitrogens with zero attached hydrogens (tertiary/aromatic N) is 1. The average Bonchev–Trinajstić information content (AvgIpc) is 3.38. The molecule has 246 valence electrons. The fourth-order valence-corrected chi connectivity index (χ4v) is 9.02. The van der Waals surface area contributed by atoms with Crippen LogP contribution in [0.15, 0.2) is 152 Å². The minimum atomic E-state index is -0.216. The van der Waals surface area contributed by atoms with Crippen LogP contribution in [0.3, 0.4) is 0 Å². The van der Waals surface area contributed by atoms with E-state index in [2.05, 4.69) is 171 Å². The Hall–Kier alpha value is -6.26. The van der Waals surface area contributed by atoms with Crippen molar-refractivity contribution in [2.45, 2.75) is 26.2 Å². The third-order valence-electron chi connectivity index (χ3n) is 11.6. The normalized spacial score (nSPS) is 14.1. The summed E-state index contributed by atoms with van der Waals surface area (Å²) in [6.07, 6.45) is 0. The maximum Gasteiger partial charge on any atom is 0.261 e. The molecule has 0 amide bonds. The van der Waals surface area contributed by atoms with Crippen LogP contribution < -0.4 is 30.8 Å². The highest BCUT2D eigenvalue weighted by atomic mass is 16.5. The van der Waals surface area contributed by atoms with Crippen LogP contribution in [0.5, 0.6) is 23.0 Å². The molecule has 8 aromatic rings. The summed E-state index contributed by atoms with van der Waals surface area (Å²) in [6.45, 7) is 6.88. The van der Waals surface area contributed by atoms with Crippen LogP contribution in [0.25, 0.3) is 32.7 Å². The van der Waals surface area contributed by atoms with Gasteiger partial charge in [-0.05, 0) is 134 Å². The van der Waals surface area contributed by atoms with Crippen molar-refractivity contribution >= 4 is 61.7 Å². The molecular formula is C48H34BNO2. The number of anilines is 3. The number of hydrogen-bond acceptors (Lipinski definition) is 3. The van der Waals surface area contributed by atoms with Crippen molar-refractivity contribution in [2.24, 2.45) is 0 Å². The first-order valence-electron chi connectivity index (χ1n) is 18.1. The molecule has 52 heavy (non-hydrogen) atoms. The largest absolute Gasteiger partial charge is 0.458 e. The molecule has 0 N–H and O–H groups in total. The lowest BCUT2D eigenvalue weighted by Gasteiger charge is -2.34. The lowest BCUT2D eigenvalue weighted by molar-refractivity contribution is 0.465. The Labute approximate surface area is 303 Å². The summed E-state index contributed by atoms with van der Waals surface area (Å²) >= 11 is 0. The van der Waals surface area contributed by atoms with E-state index in [1.165, 1.54) is 60.3 Å². The highest BCUT2D eigenvalue weighted by Gasteiger charge is 2.44. The number of fused-ring (bicyclic) bond motifs is 10. The van der Waals surface area contributed by atoms with E-state index in [1.807, 2.05) is 6.07 Å². The Balaban J connectivity index is 1.08. The van der Waals surface area contributed by atoms with Gasteiger partial charge >= 0.3 is 0 Å². The van der Waals surface area contributed by atoms with Gasteiger partial charge in [0.15, 0.2) is 0 Å². The molecule has 0 aromatic heterocycles. The third kappa shape index (κ3) is 4.15. The maximum atomic E-state index is 6.80. The van der Waals surface area contributed by atoms with E-state index < -0.39 is 0 Å². The molecule has 2 aliphatic heterocycles. The number of benzene rings is 8. The predicted molar refractivity (Wildman–Crippen MR) is 216 cm³/mol. The first kappa shape index (κ1) is 29.5. The lowest BCUT2D eigenvalue weighted by Crippen LogP contribution is -2.57. The van der Waals surface area contributed by atoms with Crippen LogP contribution in [0.4, 0.5) is 17.1 Å². The minimum Gasteiger partial charge on any atom is -0.458 e. The van der Waals surface area contributed by atoms with Crippen molar-refractivity contribution in [1.82, 2.24) is 0 Å². The second-order valence-corrected chi connectivity index (χ2v) is 15.0. The van der Waals surface area contributed by atoms with Crippen molar-refractivity contribution < 1.29 is 9.47 Å². The van der Waals surface area contributed by atoms with Crippen LogP contribution in [0, 0.1) is 6.92 Å². The zero-order valence-electron chi connectivity index (χ0n) is 29.3. The van der Waals surface area contributed by atoms with Crippen molar-refractivity contribution in [3.05, 3.63) is 168 Å². The number of hydrogen-bond donors (Lipinski definition) is 0. The molecule has 0 saturated heterocycles. The summed E-state index contributed by atoms with van der Waals surface area (Å²) in [5.74, 6) is 3.58. The van der Waals surface area contributed by atoms with E-state index in [-0.39, 0.29) is 12.1 Å². The van der Waals surface area contributed by atoms with E-state index in [4.69, 9.17) is 9.47 Å². The van der Waals surface area contributed by atoms with Gasteiger partial charge in [0.2, 0.25) is 0 Å². The van der Waals surface area contributed by atoms with Gasteiger partial charge in [-0.25, -0.2) is 0 Å². The van der Waals surface area contributed by atoms with Crippen molar-refractivity contribution in [3.8, 4) is 34.1 Å². The molecular weight excluding hydrogens is 633 g/mol. The van der Waals surface area contributed by atoms with Gasteiger partial charge in [-0.3, -0.25) is 0 Å². The van der Waals surface area contributed by atoms with Gasteiger partial charge in [0.1, 0.15) is 23.0 Å². The quantitative estimate of drug-likeness (QED) is 0.175. The van der Waals surface area contributed by atoms with E-state index in [0.717, 1.165) is 45.5 Å². The van der Waals surface area contributed by atoms with Gasteiger partial charge in [0.25, 0.3) is 6.71 Å². The Bertz CT molecular complexity index is 2790. The molecule has 0 fully saturated rings. The minimum absolute atomic E-state index is 0.00184. The zero-order valence-corrected chi connectivity index (χ0v) is 29.3. The number of ether oxygens (including phenoxy) is 2. The maximum absolute atomic E-state index is 6.80. The van der Waals surface area contributed by atoms with E-state index in [0.29, 0.717) is 0 Å². The topological polar surface area (TPSA) is 21.7 Å². The van der Waals surface area contributed by atoms with Gasteiger partial charge in [-0.15, -0.1) is 0 Å². The molecule has 3 aliphatic rings. The molecule has 0 radical (unpaired) electrons. The molecule has 4 heteroatoms. The van der Waals surface area contributed by atoms with Gasteiger partial charge in [0.05, 0.1) is 0 Å². The van der Waals surface area contributed by atoms with Crippen LogP contribution in [-0.4, -0.2) is 6.71 Å². The second kappa shape index (κ2) is 10.6. The smallest absolute Gasteiger partial charge is 0.261 e. The lowest BCUT2D eigenvalue weighted by atomic mass is 9.34. The average molecular weight is 668 g/mol. The van der Waals surface area contributed by atoms with Crippen molar-refractivity contribution in [2.75, 3.05) is 4.90 Å². The monoisotopic (exact) mass is 667 g/mol. The summed E-state index contributed by atoms with van der Waals surface area (Å²) in [5, 5.41) is 4.89. The predicted octanol–water partition coefficient (Wildman–Crippen LogP) is 10.8. The Morgan fingerprint density at radius 2 is 1.13 bits per heavy atom. The van der Waals surface area contributed by atoms with Gasteiger partial charge in [0, 0.05) is 27.9 Å². The molecule has 1 aliphatic carbocycles. The molecule has 0 atom stereocenters. The molecule has 0 bridgehead atoms. The molecule has 0 saturated carbocycles. The van der Waals surface area contributed by atoms with Crippen LogP contribution in [0.2, 0.25) is 0 Å². The first-order valence-corrected chi connectivity index (χ1v) is 18.1. The van der Waals surface area contributed by atoms with Crippen LogP contribution >= 0.6 is 0 Å². The summed E-state index contributed by atoms with van der Waals surface area (Å²) in [6, 6.07) is 55.0. The molecule has 11 rings (SSSR count). The van der Waals surface area contributed by atoms with Crippen LogP contribution in [0.1, 0.15) is 30.5 Å².